The number of fused-ring (bicyclic) bond motifs is 1. The van der Waals surface area contributed by atoms with Crippen LogP contribution in [-0.2, 0) is 6.54 Å². The molecule has 5 rings (SSSR count). The summed E-state index contributed by atoms with van der Waals surface area (Å²) >= 11 is 1.37. The number of nitrogens with zero attached hydrogens (tertiary/aromatic N) is 1. The fraction of sp³-hybridized carbons (Fsp3) is 0.0370. The third-order valence-corrected chi connectivity index (χ3v) is 6.31. The maximum absolute atomic E-state index is 13.0. The monoisotopic (exact) mass is 496 g/mol. The number of benzene rings is 2. The molecule has 8 nitrogen and oxygen atoms in total. The average molecular weight is 497 g/mol. The highest BCUT2D eigenvalue weighted by Gasteiger charge is 2.16. The molecule has 0 atom stereocenters. The number of carbonyl (C=O) groups is 3. The number of hydrogen-bond acceptors (Lipinski definition) is 6. The van der Waals surface area contributed by atoms with E-state index in [1.807, 2.05) is 29.6 Å². The van der Waals surface area contributed by atoms with Crippen molar-refractivity contribution in [2.24, 2.45) is 0 Å². The Morgan fingerprint density at radius 1 is 0.833 bits per heavy atom. The number of rotatable bonds is 6. The van der Waals surface area contributed by atoms with Crippen molar-refractivity contribution in [3.8, 4) is 11.5 Å². The highest BCUT2D eigenvalue weighted by atomic mass is 32.1. The standard InChI is InChI=1S/C27H20N4O4S/c32-25(18-11-9-17(10-12-18)16-28-27(34)24-8-4-14-36-24)30-31-26(33)20-15-22(23-7-3-13-35-23)29-21-6-2-1-5-19(20)21/h1-15H,16H2,(H,28,34)(H,30,32)(H,31,33). The molecule has 0 aliphatic heterocycles. The van der Waals surface area contributed by atoms with E-state index in [1.165, 1.54) is 17.6 Å². The summed E-state index contributed by atoms with van der Waals surface area (Å²) < 4.78 is 5.43. The minimum Gasteiger partial charge on any atom is -0.463 e. The van der Waals surface area contributed by atoms with Crippen LogP contribution in [0.1, 0.15) is 36.0 Å². The van der Waals surface area contributed by atoms with Gasteiger partial charge in [0.25, 0.3) is 17.7 Å². The van der Waals surface area contributed by atoms with E-state index in [1.54, 1.807) is 54.6 Å². The highest BCUT2D eigenvalue weighted by Crippen LogP contribution is 2.25. The van der Waals surface area contributed by atoms with Gasteiger partial charge in [-0.2, -0.15) is 0 Å². The molecule has 0 aliphatic rings. The first-order valence-electron chi connectivity index (χ1n) is 11.0. The van der Waals surface area contributed by atoms with E-state index >= 15 is 0 Å². The third kappa shape index (κ3) is 5.01. The van der Waals surface area contributed by atoms with Gasteiger partial charge in [0, 0.05) is 17.5 Å². The van der Waals surface area contributed by atoms with E-state index in [9.17, 15) is 14.4 Å². The SMILES string of the molecule is O=C(NNC(=O)c1cc(-c2ccco2)nc2ccccc12)c1ccc(CNC(=O)c2cccs2)cc1. The second-order valence-electron chi connectivity index (χ2n) is 7.81. The molecular formula is C27H20N4O4S. The van der Waals surface area contributed by atoms with Crippen LogP contribution in [0.4, 0.5) is 0 Å². The van der Waals surface area contributed by atoms with Gasteiger partial charge in [-0.3, -0.25) is 25.2 Å². The van der Waals surface area contributed by atoms with Gasteiger partial charge in [0.15, 0.2) is 5.76 Å². The van der Waals surface area contributed by atoms with Crippen LogP contribution in [0.3, 0.4) is 0 Å². The Morgan fingerprint density at radius 2 is 1.64 bits per heavy atom. The van der Waals surface area contributed by atoms with Gasteiger partial charge in [0.05, 0.1) is 22.2 Å². The quantitative estimate of drug-likeness (QED) is 0.298. The molecule has 9 heteroatoms. The second-order valence-corrected chi connectivity index (χ2v) is 8.76. The number of furan rings is 1. The van der Waals surface area contributed by atoms with Crippen LogP contribution in [-0.4, -0.2) is 22.7 Å². The summed E-state index contributed by atoms with van der Waals surface area (Å²) in [6.07, 6.45) is 1.54. The molecule has 3 heterocycles. The molecule has 0 saturated heterocycles. The predicted octanol–water partition coefficient (Wildman–Crippen LogP) is 4.56. The van der Waals surface area contributed by atoms with E-state index in [0.29, 0.717) is 44.9 Å². The fourth-order valence-corrected chi connectivity index (χ4v) is 4.26. The number of pyridine rings is 1. The number of hydrazine groups is 1. The summed E-state index contributed by atoms with van der Waals surface area (Å²) in [6.45, 7) is 0.336. The van der Waals surface area contributed by atoms with Gasteiger partial charge >= 0.3 is 0 Å². The first-order valence-corrected chi connectivity index (χ1v) is 11.9. The van der Waals surface area contributed by atoms with Gasteiger partial charge < -0.3 is 9.73 Å². The van der Waals surface area contributed by atoms with E-state index in [0.717, 1.165) is 5.56 Å². The molecule has 5 aromatic rings. The molecule has 0 aliphatic carbocycles. The van der Waals surface area contributed by atoms with E-state index in [2.05, 4.69) is 21.2 Å². The summed E-state index contributed by atoms with van der Waals surface area (Å²) in [5, 5.41) is 5.33. The molecule has 3 N–H and O–H groups in total. The lowest BCUT2D eigenvalue weighted by Crippen LogP contribution is -2.41. The predicted molar refractivity (Wildman–Crippen MR) is 136 cm³/mol. The Bertz CT molecular complexity index is 1530. The topological polar surface area (TPSA) is 113 Å². The number of thiophene rings is 1. The number of para-hydroxylation sites is 1. The van der Waals surface area contributed by atoms with Crippen LogP contribution in [0, 0.1) is 0 Å². The number of aromatic nitrogens is 1. The summed E-state index contributed by atoms with van der Waals surface area (Å²) in [6, 6.07) is 22.7. The number of nitrogens with one attached hydrogen (secondary N) is 3. The third-order valence-electron chi connectivity index (χ3n) is 5.44. The molecule has 178 valence electrons. The Hall–Kier alpha value is -4.76. The zero-order chi connectivity index (χ0) is 24.9. The van der Waals surface area contributed by atoms with Crippen molar-refractivity contribution in [3.63, 3.8) is 0 Å². The Labute approximate surface area is 210 Å². The zero-order valence-electron chi connectivity index (χ0n) is 18.9. The fourth-order valence-electron chi connectivity index (χ4n) is 3.62. The van der Waals surface area contributed by atoms with Gasteiger partial charge in [0.1, 0.15) is 5.69 Å². The summed E-state index contributed by atoms with van der Waals surface area (Å²) in [5.74, 6) is -0.566. The maximum Gasteiger partial charge on any atom is 0.270 e. The Kier molecular flexibility index (Phi) is 6.55. The number of hydrogen-bond donors (Lipinski definition) is 3. The second kappa shape index (κ2) is 10.2. The van der Waals surface area contributed by atoms with Crippen LogP contribution in [0.2, 0.25) is 0 Å². The van der Waals surface area contributed by atoms with Crippen LogP contribution >= 0.6 is 11.3 Å². The molecule has 0 spiro atoms. The molecule has 3 aromatic heterocycles. The first kappa shape index (κ1) is 23.0. The molecule has 0 saturated carbocycles. The van der Waals surface area contributed by atoms with Crippen molar-refractivity contribution in [2.75, 3.05) is 0 Å². The van der Waals surface area contributed by atoms with Crippen LogP contribution in [0.25, 0.3) is 22.4 Å². The van der Waals surface area contributed by atoms with Crippen LogP contribution in [0.5, 0.6) is 0 Å². The van der Waals surface area contributed by atoms with Gasteiger partial charge in [-0.1, -0.05) is 36.4 Å². The lowest BCUT2D eigenvalue weighted by atomic mass is 10.1. The molecule has 0 fully saturated rings. The molecule has 0 bridgehead atoms. The molecule has 0 unspecified atom stereocenters. The van der Waals surface area contributed by atoms with E-state index in [4.69, 9.17) is 4.42 Å². The summed E-state index contributed by atoms with van der Waals surface area (Å²) in [7, 11) is 0. The molecule has 3 amide bonds. The molecule has 0 radical (unpaired) electrons. The van der Waals surface area contributed by atoms with Crippen molar-refractivity contribution in [3.05, 3.63) is 112 Å². The van der Waals surface area contributed by atoms with Gasteiger partial charge in [-0.25, -0.2) is 4.98 Å². The van der Waals surface area contributed by atoms with E-state index < -0.39 is 11.8 Å². The highest BCUT2D eigenvalue weighted by molar-refractivity contribution is 7.12. The van der Waals surface area contributed by atoms with Gasteiger partial charge in [-0.05, 0) is 53.4 Å². The van der Waals surface area contributed by atoms with Crippen molar-refractivity contribution < 1.29 is 18.8 Å². The van der Waals surface area contributed by atoms with Crippen molar-refractivity contribution in [2.45, 2.75) is 6.54 Å². The Balaban J connectivity index is 1.24. The van der Waals surface area contributed by atoms with Gasteiger partial charge in [-0.15, -0.1) is 11.3 Å². The van der Waals surface area contributed by atoms with Crippen molar-refractivity contribution in [1.82, 2.24) is 21.2 Å². The largest absolute Gasteiger partial charge is 0.463 e. The lowest BCUT2D eigenvalue weighted by molar-refractivity contribution is 0.0847. The molecule has 2 aromatic carbocycles. The van der Waals surface area contributed by atoms with Crippen LogP contribution in [0.15, 0.2) is 94.9 Å². The normalized spacial score (nSPS) is 10.7. The van der Waals surface area contributed by atoms with E-state index in [-0.39, 0.29) is 5.91 Å². The van der Waals surface area contributed by atoms with Crippen LogP contribution < -0.4 is 16.2 Å². The summed E-state index contributed by atoms with van der Waals surface area (Å²) in [4.78, 5) is 42.9. The zero-order valence-corrected chi connectivity index (χ0v) is 19.7. The maximum atomic E-state index is 13.0. The molecular weight excluding hydrogens is 476 g/mol. The Morgan fingerprint density at radius 3 is 2.39 bits per heavy atom. The minimum absolute atomic E-state index is 0.145. The lowest BCUT2D eigenvalue weighted by Gasteiger charge is -2.11. The number of carbonyl (C=O) groups excluding carboxylic acids is 3. The molecule has 36 heavy (non-hydrogen) atoms. The van der Waals surface area contributed by atoms with Gasteiger partial charge in [0.2, 0.25) is 0 Å². The summed E-state index contributed by atoms with van der Waals surface area (Å²) in [5.41, 5.74) is 7.63. The van der Waals surface area contributed by atoms with Crippen molar-refractivity contribution in [1.29, 1.82) is 0 Å². The minimum atomic E-state index is -0.484. The first-order chi connectivity index (χ1) is 17.6. The smallest absolute Gasteiger partial charge is 0.270 e. The average Bonchev–Trinajstić information content (AvgIpc) is 3.65. The number of amides is 3. The van der Waals surface area contributed by atoms with Crippen molar-refractivity contribution >= 4 is 40.0 Å².